The van der Waals surface area contributed by atoms with Gasteiger partial charge in [-0.05, 0) is 44.4 Å². The lowest BCUT2D eigenvalue weighted by Crippen LogP contribution is -2.38. The van der Waals surface area contributed by atoms with E-state index in [1.165, 1.54) is 18.5 Å². The fraction of sp³-hybridized carbons (Fsp3) is 0.583. The van der Waals surface area contributed by atoms with Crippen LogP contribution in [0, 0.1) is 12.8 Å². The number of rotatable bonds is 2. The Morgan fingerprint density at radius 3 is 3.20 bits per heavy atom. The van der Waals surface area contributed by atoms with Crippen molar-refractivity contribution in [2.45, 2.75) is 19.8 Å². The number of nitrogens with zero attached hydrogens (tertiary/aromatic N) is 2. The van der Waals surface area contributed by atoms with Crippen LogP contribution in [0.25, 0.3) is 0 Å². The molecule has 0 spiro atoms. The molecular weight excluding hydrogens is 186 g/mol. The van der Waals surface area contributed by atoms with E-state index >= 15 is 0 Å². The lowest BCUT2D eigenvalue weighted by molar-refractivity contribution is 0.423. The normalized spacial score (nSPS) is 21.7. The summed E-state index contributed by atoms with van der Waals surface area (Å²) >= 11 is 0. The molecule has 1 aromatic heterocycles. The van der Waals surface area contributed by atoms with Crippen LogP contribution in [0.4, 0.5) is 5.69 Å². The second kappa shape index (κ2) is 4.62. The summed E-state index contributed by atoms with van der Waals surface area (Å²) in [4.78, 5) is 6.65. The van der Waals surface area contributed by atoms with Crippen LogP contribution >= 0.6 is 0 Å². The van der Waals surface area contributed by atoms with Crippen molar-refractivity contribution in [3.8, 4) is 0 Å². The summed E-state index contributed by atoms with van der Waals surface area (Å²) in [5.74, 6) is 0.659. The average molecular weight is 205 g/mol. The molecule has 82 valence electrons. The summed E-state index contributed by atoms with van der Waals surface area (Å²) in [6.45, 7) is 5.09. The molecule has 1 aromatic rings. The maximum Gasteiger partial charge on any atom is 0.0399 e. The number of aryl methyl sites for hydroxylation is 1. The second-order valence-electron chi connectivity index (χ2n) is 4.35. The molecule has 0 radical (unpaired) electrons. The number of aromatic nitrogens is 1. The van der Waals surface area contributed by atoms with Gasteiger partial charge in [0.25, 0.3) is 0 Å². The van der Waals surface area contributed by atoms with Gasteiger partial charge in [-0.25, -0.2) is 0 Å². The van der Waals surface area contributed by atoms with E-state index in [4.69, 9.17) is 5.73 Å². The van der Waals surface area contributed by atoms with Crippen molar-refractivity contribution in [3.05, 3.63) is 24.0 Å². The van der Waals surface area contributed by atoms with E-state index in [-0.39, 0.29) is 0 Å². The Morgan fingerprint density at radius 2 is 2.47 bits per heavy atom. The topological polar surface area (TPSA) is 42.1 Å². The summed E-state index contributed by atoms with van der Waals surface area (Å²) in [6.07, 6.45) is 4.41. The van der Waals surface area contributed by atoms with Crippen molar-refractivity contribution in [1.82, 2.24) is 4.98 Å². The Hall–Kier alpha value is -1.09. The zero-order valence-electron chi connectivity index (χ0n) is 9.32. The molecule has 1 saturated heterocycles. The number of pyridine rings is 1. The van der Waals surface area contributed by atoms with Gasteiger partial charge in [0.2, 0.25) is 0 Å². The first-order chi connectivity index (χ1) is 7.29. The molecule has 1 fully saturated rings. The zero-order valence-corrected chi connectivity index (χ0v) is 9.32. The summed E-state index contributed by atoms with van der Waals surface area (Å²) in [5, 5.41) is 0. The van der Waals surface area contributed by atoms with E-state index in [1.807, 2.05) is 13.1 Å². The van der Waals surface area contributed by atoms with Gasteiger partial charge in [-0.3, -0.25) is 4.98 Å². The van der Waals surface area contributed by atoms with Crippen LogP contribution in [0.2, 0.25) is 0 Å². The molecule has 0 amide bonds. The minimum absolute atomic E-state index is 0.659. The van der Waals surface area contributed by atoms with Crippen molar-refractivity contribution in [1.29, 1.82) is 0 Å². The Bertz CT molecular complexity index is 324. The predicted molar refractivity (Wildman–Crippen MR) is 63.0 cm³/mol. The Balaban J connectivity index is 2.09. The molecule has 0 aliphatic carbocycles. The molecule has 1 aliphatic heterocycles. The van der Waals surface area contributed by atoms with Gasteiger partial charge in [-0.1, -0.05) is 0 Å². The highest BCUT2D eigenvalue weighted by Gasteiger charge is 2.18. The molecule has 15 heavy (non-hydrogen) atoms. The van der Waals surface area contributed by atoms with Gasteiger partial charge in [0.05, 0.1) is 0 Å². The Morgan fingerprint density at radius 1 is 1.60 bits per heavy atom. The first-order valence-electron chi connectivity index (χ1n) is 5.67. The number of hydrogen-bond donors (Lipinski definition) is 1. The van der Waals surface area contributed by atoms with E-state index in [0.29, 0.717) is 5.92 Å². The van der Waals surface area contributed by atoms with Crippen LogP contribution in [0.15, 0.2) is 18.3 Å². The van der Waals surface area contributed by atoms with Crippen LogP contribution in [-0.4, -0.2) is 24.6 Å². The van der Waals surface area contributed by atoms with Crippen LogP contribution < -0.4 is 10.6 Å². The lowest BCUT2D eigenvalue weighted by atomic mass is 9.98. The minimum atomic E-state index is 0.659. The van der Waals surface area contributed by atoms with Gasteiger partial charge in [0.15, 0.2) is 0 Å². The Labute approximate surface area is 91.3 Å². The van der Waals surface area contributed by atoms with Crippen LogP contribution in [0.3, 0.4) is 0 Å². The Kier molecular flexibility index (Phi) is 3.21. The summed E-state index contributed by atoms with van der Waals surface area (Å²) < 4.78 is 0. The number of piperidine rings is 1. The first kappa shape index (κ1) is 10.4. The van der Waals surface area contributed by atoms with E-state index in [0.717, 1.165) is 25.3 Å². The van der Waals surface area contributed by atoms with Crippen molar-refractivity contribution < 1.29 is 0 Å². The third-order valence-electron chi connectivity index (χ3n) is 3.10. The summed E-state index contributed by atoms with van der Waals surface area (Å²) in [6, 6.07) is 4.24. The third-order valence-corrected chi connectivity index (χ3v) is 3.10. The van der Waals surface area contributed by atoms with Crippen LogP contribution in [0.5, 0.6) is 0 Å². The molecular formula is C12H19N3. The smallest absolute Gasteiger partial charge is 0.0399 e. The maximum atomic E-state index is 5.73. The standard InChI is InChI=1S/C12H19N3/c1-10-7-12(4-5-14-10)15-6-2-3-11(8-13)9-15/h4-5,7,11H,2-3,6,8-9,13H2,1H3. The van der Waals surface area contributed by atoms with Gasteiger partial charge in [0, 0.05) is 30.7 Å². The van der Waals surface area contributed by atoms with Gasteiger partial charge >= 0.3 is 0 Å². The SMILES string of the molecule is Cc1cc(N2CCCC(CN)C2)ccn1. The molecule has 2 N–H and O–H groups in total. The quantitative estimate of drug-likeness (QED) is 0.796. The molecule has 0 saturated carbocycles. The second-order valence-corrected chi connectivity index (χ2v) is 4.35. The van der Waals surface area contributed by atoms with Crippen molar-refractivity contribution >= 4 is 5.69 Å². The molecule has 1 unspecified atom stereocenters. The largest absolute Gasteiger partial charge is 0.371 e. The molecule has 3 heteroatoms. The van der Waals surface area contributed by atoms with Gasteiger partial charge in [-0.15, -0.1) is 0 Å². The number of nitrogens with two attached hydrogens (primary N) is 1. The molecule has 1 atom stereocenters. The number of anilines is 1. The summed E-state index contributed by atoms with van der Waals surface area (Å²) in [5.41, 5.74) is 8.11. The fourth-order valence-electron chi connectivity index (χ4n) is 2.22. The van der Waals surface area contributed by atoms with E-state index in [9.17, 15) is 0 Å². The highest BCUT2D eigenvalue weighted by molar-refractivity contribution is 5.46. The van der Waals surface area contributed by atoms with Gasteiger partial charge in [-0.2, -0.15) is 0 Å². The van der Waals surface area contributed by atoms with Crippen LogP contribution in [0.1, 0.15) is 18.5 Å². The zero-order chi connectivity index (χ0) is 10.7. The van der Waals surface area contributed by atoms with Gasteiger partial charge in [0.1, 0.15) is 0 Å². The van der Waals surface area contributed by atoms with E-state index in [1.54, 1.807) is 0 Å². The van der Waals surface area contributed by atoms with E-state index < -0.39 is 0 Å². The lowest BCUT2D eigenvalue weighted by Gasteiger charge is -2.33. The maximum absolute atomic E-state index is 5.73. The molecule has 3 nitrogen and oxygen atoms in total. The first-order valence-corrected chi connectivity index (χ1v) is 5.67. The third kappa shape index (κ3) is 2.48. The van der Waals surface area contributed by atoms with Crippen LogP contribution in [-0.2, 0) is 0 Å². The molecule has 0 aromatic carbocycles. The predicted octanol–water partition coefficient (Wildman–Crippen LogP) is 1.57. The van der Waals surface area contributed by atoms with Crippen molar-refractivity contribution in [2.75, 3.05) is 24.5 Å². The molecule has 2 rings (SSSR count). The average Bonchev–Trinajstić information content (AvgIpc) is 2.29. The number of hydrogen-bond acceptors (Lipinski definition) is 3. The summed E-state index contributed by atoms with van der Waals surface area (Å²) in [7, 11) is 0. The molecule has 0 bridgehead atoms. The highest BCUT2D eigenvalue weighted by atomic mass is 15.1. The molecule has 1 aliphatic rings. The minimum Gasteiger partial charge on any atom is -0.371 e. The monoisotopic (exact) mass is 205 g/mol. The fourth-order valence-corrected chi connectivity index (χ4v) is 2.22. The molecule has 2 heterocycles. The van der Waals surface area contributed by atoms with Gasteiger partial charge < -0.3 is 10.6 Å². The highest BCUT2D eigenvalue weighted by Crippen LogP contribution is 2.22. The van der Waals surface area contributed by atoms with Crippen molar-refractivity contribution in [3.63, 3.8) is 0 Å². The van der Waals surface area contributed by atoms with Crippen molar-refractivity contribution in [2.24, 2.45) is 11.7 Å². The van der Waals surface area contributed by atoms with E-state index in [2.05, 4.69) is 22.0 Å².